The minimum atomic E-state index is -3.71. The lowest BCUT2D eigenvalue weighted by molar-refractivity contribution is -0.157. The van der Waals surface area contributed by atoms with Gasteiger partial charge < -0.3 is 9.64 Å². The van der Waals surface area contributed by atoms with E-state index in [9.17, 15) is 18.0 Å². The van der Waals surface area contributed by atoms with Crippen molar-refractivity contribution < 1.29 is 22.7 Å². The van der Waals surface area contributed by atoms with Crippen LogP contribution >= 0.6 is 11.6 Å². The van der Waals surface area contributed by atoms with E-state index < -0.39 is 21.9 Å². The molecular weight excluding hydrogens is 428 g/mol. The number of esters is 1. The molecule has 0 radical (unpaired) electrons. The first-order valence-electron chi connectivity index (χ1n) is 10.5. The second kappa shape index (κ2) is 10.1. The molecule has 2 saturated heterocycles. The van der Waals surface area contributed by atoms with Gasteiger partial charge in [-0.2, -0.15) is 4.31 Å². The van der Waals surface area contributed by atoms with Gasteiger partial charge in [0.2, 0.25) is 10.0 Å². The van der Waals surface area contributed by atoms with Crippen molar-refractivity contribution in [2.24, 2.45) is 5.92 Å². The van der Waals surface area contributed by atoms with Gasteiger partial charge in [-0.1, -0.05) is 18.5 Å². The Morgan fingerprint density at radius 2 is 1.83 bits per heavy atom. The first-order valence-corrected chi connectivity index (χ1v) is 12.4. The van der Waals surface area contributed by atoms with Crippen LogP contribution in [0.25, 0.3) is 0 Å². The number of hydrogen-bond acceptors (Lipinski definition) is 5. The quantitative estimate of drug-likeness (QED) is 0.614. The number of ether oxygens (including phenoxy) is 1. The summed E-state index contributed by atoms with van der Waals surface area (Å²) in [7, 11) is -3.71. The number of carbonyl (C=O) groups excluding carboxylic acids is 2. The molecule has 2 aliphatic heterocycles. The van der Waals surface area contributed by atoms with Crippen LogP contribution in [0.4, 0.5) is 0 Å². The lowest BCUT2D eigenvalue weighted by Crippen LogP contribution is -2.46. The number of amides is 1. The van der Waals surface area contributed by atoms with Crippen LogP contribution in [0.15, 0.2) is 29.2 Å². The molecule has 7 nitrogen and oxygen atoms in total. The Balaban J connectivity index is 1.57. The fraction of sp³-hybridized carbons (Fsp3) is 0.619. The molecule has 2 atom stereocenters. The molecule has 2 unspecified atom stereocenters. The zero-order valence-corrected chi connectivity index (χ0v) is 18.8. The predicted octanol–water partition coefficient (Wildman–Crippen LogP) is 3.08. The Morgan fingerprint density at radius 1 is 1.10 bits per heavy atom. The van der Waals surface area contributed by atoms with Crippen LogP contribution in [0, 0.1) is 5.92 Å². The monoisotopic (exact) mass is 456 g/mol. The third-order valence-corrected chi connectivity index (χ3v) is 8.06. The molecule has 0 spiro atoms. The Labute approximate surface area is 183 Å². The number of rotatable bonds is 6. The maximum absolute atomic E-state index is 12.9. The number of likely N-dealkylation sites (tertiary alicyclic amines) is 1. The summed E-state index contributed by atoms with van der Waals surface area (Å²) in [5.74, 6) is -1.25. The lowest BCUT2D eigenvalue weighted by Gasteiger charge is -2.35. The summed E-state index contributed by atoms with van der Waals surface area (Å²) in [6.45, 7) is 2.88. The van der Waals surface area contributed by atoms with E-state index in [1.54, 1.807) is 0 Å². The Hall–Kier alpha value is -1.64. The van der Waals surface area contributed by atoms with Gasteiger partial charge in [-0.05, 0) is 62.8 Å². The van der Waals surface area contributed by atoms with Crippen LogP contribution in [0.3, 0.4) is 0 Å². The molecule has 0 bridgehead atoms. The van der Waals surface area contributed by atoms with Crippen molar-refractivity contribution >= 4 is 33.5 Å². The second-order valence-corrected chi connectivity index (χ2v) is 10.3. The molecule has 2 fully saturated rings. The van der Waals surface area contributed by atoms with Crippen molar-refractivity contribution in [3.63, 3.8) is 0 Å². The third kappa shape index (κ3) is 5.34. The summed E-state index contributed by atoms with van der Waals surface area (Å²) in [5.41, 5.74) is 0. The Bertz CT molecular complexity index is 859. The van der Waals surface area contributed by atoms with Gasteiger partial charge in [0, 0.05) is 30.7 Å². The van der Waals surface area contributed by atoms with Crippen molar-refractivity contribution in [3.8, 4) is 0 Å². The van der Waals surface area contributed by atoms with Gasteiger partial charge in [0.25, 0.3) is 5.91 Å². The van der Waals surface area contributed by atoms with Gasteiger partial charge in [0.1, 0.15) is 0 Å². The van der Waals surface area contributed by atoms with E-state index >= 15 is 0 Å². The van der Waals surface area contributed by atoms with Crippen molar-refractivity contribution in [1.29, 1.82) is 0 Å². The van der Waals surface area contributed by atoms with Crippen LogP contribution in [0.5, 0.6) is 0 Å². The molecule has 166 valence electrons. The molecule has 0 aliphatic carbocycles. The fourth-order valence-electron chi connectivity index (χ4n) is 4.20. The summed E-state index contributed by atoms with van der Waals surface area (Å²) in [6.07, 6.45) is 5.06. The number of benzene rings is 1. The number of hydrogen-bond donors (Lipinski definition) is 0. The first-order chi connectivity index (χ1) is 14.3. The fourth-order valence-corrected chi connectivity index (χ4v) is 5.85. The molecule has 0 saturated carbocycles. The minimum absolute atomic E-state index is 0.0548. The number of piperidine rings is 2. The molecule has 0 aromatic heterocycles. The SMILES string of the molecule is CCC1CCCCN1C(=O)COC(=O)C1CCCN(S(=O)(=O)c2ccc(Cl)cc2)C1. The molecule has 1 amide bonds. The van der Waals surface area contributed by atoms with E-state index in [1.165, 1.54) is 28.6 Å². The maximum atomic E-state index is 12.9. The summed E-state index contributed by atoms with van der Waals surface area (Å²) >= 11 is 5.85. The van der Waals surface area contributed by atoms with E-state index in [0.717, 1.165) is 25.7 Å². The molecule has 1 aromatic rings. The van der Waals surface area contributed by atoms with Crippen molar-refractivity contribution in [1.82, 2.24) is 9.21 Å². The maximum Gasteiger partial charge on any atom is 0.310 e. The smallest absolute Gasteiger partial charge is 0.310 e. The van der Waals surface area contributed by atoms with E-state index in [0.29, 0.717) is 31.0 Å². The van der Waals surface area contributed by atoms with Crippen LogP contribution in [-0.2, 0) is 24.3 Å². The van der Waals surface area contributed by atoms with Gasteiger partial charge in [-0.3, -0.25) is 9.59 Å². The highest BCUT2D eigenvalue weighted by molar-refractivity contribution is 7.89. The molecule has 0 N–H and O–H groups in total. The van der Waals surface area contributed by atoms with E-state index in [4.69, 9.17) is 16.3 Å². The molecule has 2 aliphatic rings. The Morgan fingerprint density at radius 3 is 2.53 bits per heavy atom. The van der Waals surface area contributed by atoms with E-state index in [-0.39, 0.29) is 30.0 Å². The number of sulfonamides is 1. The molecular formula is C21H29ClN2O5S. The normalized spacial score (nSPS) is 23.2. The molecule has 2 heterocycles. The van der Waals surface area contributed by atoms with Crippen molar-refractivity contribution in [2.75, 3.05) is 26.2 Å². The van der Waals surface area contributed by atoms with Gasteiger partial charge in [-0.15, -0.1) is 0 Å². The van der Waals surface area contributed by atoms with Gasteiger partial charge in [-0.25, -0.2) is 8.42 Å². The zero-order chi connectivity index (χ0) is 21.7. The minimum Gasteiger partial charge on any atom is -0.455 e. The molecule has 30 heavy (non-hydrogen) atoms. The van der Waals surface area contributed by atoms with Gasteiger partial charge in [0.15, 0.2) is 6.61 Å². The van der Waals surface area contributed by atoms with Crippen molar-refractivity contribution in [2.45, 2.75) is 56.4 Å². The number of carbonyl (C=O) groups is 2. The largest absolute Gasteiger partial charge is 0.455 e. The highest BCUT2D eigenvalue weighted by Crippen LogP contribution is 2.26. The topological polar surface area (TPSA) is 84.0 Å². The van der Waals surface area contributed by atoms with Gasteiger partial charge in [0.05, 0.1) is 10.8 Å². The van der Waals surface area contributed by atoms with Crippen molar-refractivity contribution in [3.05, 3.63) is 29.3 Å². The highest BCUT2D eigenvalue weighted by Gasteiger charge is 2.35. The van der Waals surface area contributed by atoms with Crippen LogP contribution in [0.2, 0.25) is 5.02 Å². The third-order valence-electron chi connectivity index (χ3n) is 5.93. The van der Waals surface area contributed by atoms with Crippen LogP contribution in [-0.4, -0.2) is 61.8 Å². The van der Waals surface area contributed by atoms with E-state index in [1.807, 2.05) is 4.90 Å². The average molecular weight is 457 g/mol. The highest BCUT2D eigenvalue weighted by atomic mass is 35.5. The van der Waals surface area contributed by atoms with Crippen LogP contribution in [0.1, 0.15) is 45.4 Å². The van der Waals surface area contributed by atoms with Gasteiger partial charge >= 0.3 is 5.97 Å². The number of nitrogens with zero attached hydrogens (tertiary/aromatic N) is 2. The number of halogens is 1. The summed E-state index contributed by atoms with van der Waals surface area (Å²) < 4.78 is 32.4. The predicted molar refractivity (Wildman–Crippen MR) is 114 cm³/mol. The molecule has 1 aromatic carbocycles. The molecule has 9 heteroatoms. The summed E-state index contributed by atoms with van der Waals surface area (Å²) in [5, 5.41) is 0.456. The Kier molecular flexibility index (Phi) is 7.76. The standard InChI is InChI=1S/C21H29ClN2O5S/c1-2-18-7-3-4-13-24(18)20(25)15-29-21(26)16-6-5-12-23(14-16)30(27,28)19-10-8-17(22)9-11-19/h8-11,16,18H,2-7,12-15H2,1H3. The second-order valence-electron chi connectivity index (χ2n) is 7.91. The lowest BCUT2D eigenvalue weighted by atomic mass is 9.99. The zero-order valence-electron chi connectivity index (χ0n) is 17.3. The molecule has 3 rings (SSSR count). The first kappa shape index (κ1) is 23.0. The summed E-state index contributed by atoms with van der Waals surface area (Å²) in [6, 6.07) is 6.18. The average Bonchev–Trinajstić information content (AvgIpc) is 2.77. The van der Waals surface area contributed by atoms with Crippen LogP contribution < -0.4 is 0 Å². The summed E-state index contributed by atoms with van der Waals surface area (Å²) in [4.78, 5) is 27.0. The van der Waals surface area contributed by atoms with E-state index in [2.05, 4.69) is 6.92 Å².